The SMILES string of the molecule is CCC[C@H](NC(=O)CSc1nnc(-c2ccc3c(c2)OCO3)o1)c1ccccc1. The number of nitrogens with one attached hydrogen (secondary N) is 1. The molecule has 0 fully saturated rings. The van der Waals surface area contributed by atoms with Crippen LogP contribution in [0.5, 0.6) is 11.5 Å². The average molecular weight is 411 g/mol. The highest BCUT2D eigenvalue weighted by atomic mass is 32.2. The summed E-state index contributed by atoms with van der Waals surface area (Å²) in [5, 5.41) is 11.5. The molecule has 1 amide bonds. The second-order valence-electron chi connectivity index (χ2n) is 6.55. The van der Waals surface area contributed by atoms with Crippen LogP contribution >= 0.6 is 11.8 Å². The van der Waals surface area contributed by atoms with Gasteiger partial charge >= 0.3 is 0 Å². The maximum Gasteiger partial charge on any atom is 0.277 e. The first-order chi connectivity index (χ1) is 14.2. The molecule has 1 aliphatic heterocycles. The minimum atomic E-state index is -0.0693. The molecule has 0 spiro atoms. The molecule has 2 heterocycles. The number of amides is 1. The summed E-state index contributed by atoms with van der Waals surface area (Å²) >= 11 is 1.22. The predicted octanol–water partition coefficient (Wildman–Crippen LogP) is 4.22. The number of thioether (sulfide) groups is 1. The number of ether oxygens (including phenoxy) is 2. The summed E-state index contributed by atoms with van der Waals surface area (Å²) in [7, 11) is 0. The van der Waals surface area contributed by atoms with Gasteiger partial charge in [-0.3, -0.25) is 4.79 Å². The Morgan fingerprint density at radius 2 is 1.97 bits per heavy atom. The largest absolute Gasteiger partial charge is 0.454 e. The van der Waals surface area contributed by atoms with Crippen molar-refractivity contribution in [2.75, 3.05) is 12.5 Å². The van der Waals surface area contributed by atoms with Crippen LogP contribution < -0.4 is 14.8 Å². The van der Waals surface area contributed by atoms with Crippen molar-refractivity contribution in [3.05, 3.63) is 54.1 Å². The quantitative estimate of drug-likeness (QED) is 0.556. The lowest BCUT2D eigenvalue weighted by Crippen LogP contribution is -2.29. The van der Waals surface area contributed by atoms with Crippen molar-refractivity contribution in [3.8, 4) is 23.0 Å². The Kier molecular flexibility index (Phi) is 6.00. The molecule has 7 nitrogen and oxygen atoms in total. The third-order valence-electron chi connectivity index (χ3n) is 4.47. The summed E-state index contributed by atoms with van der Waals surface area (Å²) in [5.74, 6) is 1.85. The molecule has 1 N–H and O–H groups in total. The van der Waals surface area contributed by atoms with Gasteiger partial charge in [-0.2, -0.15) is 0 Å². The van der Waals surface area contributed by atoms with Crippen molar-refractivity contribution in [2.24, 2.45) is 0 Å². The summed E-state index contributed by atoms with van der Waals surface area (Å²) in [6.45, 7) is 2.31. The number of fused-ring (bicyclic) bond motifs is 1. The summed E-state index contributed by atoms with van der Waals surface area (Å²) in [5.41, 5.74) is 1.85. The van der Waals surface area contributed by atoms with Crippen molar-refractivity contribution in [1.82, 2.24) is 15.5 Å². The van der Waals surface area contributed by atoms with E-state index >= 15 is 0 Å². The number of hydrogen-bond donors (Lipinski definition) is 1. The first kappa shape index (κ1) is 19.3. The third-order valence-corrected chi connectivity index (χ3v) is 5.29. The zero-order valence-electron chi connectivity index (χ0n) is 16.0. The smallest absolute Gasteiger partial charge is 0.277 e. The van der Waals surface area contributed by atoms with Crippen molar-refractivity contribution in [2.45, 2.75) is 31.0 Å². The number of rotatable bonds is 8. The average Bonchev–Trinajstić information content (AvgIpc) is 3.41. The van der Waals surface area contributed by atoms with Crippen LogP contribution in [0.3, 0.4) is 0 Å². The third kappa shape index (κ3) is 4.71. The van der Waals surface area contributed by atoms with Crippen LogP contribution in [0.25, 0.3) is 11.5 Å². The Morgan fingerprint density at radius 3 is 2.79 bits per heavy atom. The van der Waals surface area contributed by atoms with Crippen molar-refractivity contribution < 1.29 is 18.7 Å². The van der Waals surface area contributed by atoms with Gasteiger partial charge in [-0.05, 0) is 30.2 Å². The Balaban J connectivity index is 1.35. The standard InChI is InChI=1S/C21H21N3O4S/c1-2-6-16(14-7-4-3-5-8-14)22-19(25)12-29-21-24-23-20(28-21)15-9-10-17-18(11-15)27-13-26-17/h3-5,7-11,16H,2,6,12-13H2,1H3,(H,22,25)/t16-/m0/s1. The molecular weight excluding hydrogens is 390 g/mol. The molecule has 150 valence electrons. The normalized spacial score (nSPS) is 13.3. The molecule has 2 aromatic carbocycles. The van der Waals surface area contributed by atoms with E-state index in [-0.39, 0.29) is 24.5 Å². The predicted molar refractivity (Wildman–Crippen MR) is 109 cm³/mol. The Labute approximate surface area is 172 Å². The minimum absolute atomic E-state index is 0.00109. The van der Waals surface area contributed by atoms with Crippen LogP contribution in [-0.4, -0.2) is 28.7 Å². The van der Waals surface area contributed by atoms with Crippen LogP contribution in [0.1, 0.15) is 31.4 Å². The van der Waals surface area contributed by atoms with Gasteiger partial charge in [-0.15, -0.1) is 10.2 Å². The summed E-state index contributed by atoms with van der Waals surface area (Å²) < 4.78 is 16.4. The summed E-state index contributed by atoms with van der Waals surface area (Å²) in [4.78, 5) is 12.4. The molecule has 0 saturated carbocycles. The van der Waals surface area contributed by atoms with E-state index in [9.17, 15) is 4.79 Å². The number of carbonyl (C=O) groups is 1. The lowest BCUT2D eigenvalue weighted by Gasteiger charge is -2.18. The maximum atomic E-state index is 12.4. The van der Waals surface area contributed by atoms with Crippen molar-refractivity contribution in [1.29, 1.82) is 0 Å². The number of carbonyl (C=O) groups excluding carboxylic acids is 1. The van der Waals surface area contributed by atoms with Crippen LogP contribution in [0.4, 0.5) is 0 Å². The molecule has 0 unspecified atom stereocenters. The Bertz CT molecular complexity index is 977. The minimum Gasteiger partial charge on any atom is -0.454 e. The van der Waals surface area contributed by atoms with E-state index in [1.807, 2.05) is 36.4 Å². The highest BCUT2D eigenvalue weighted by Gasteiger charge is 2.18. The molecule has 29 heavy (non-hydrogen) atoms. The number of hydrogen-bond acceptors (Lipinski definition) is 7. The van der Waals surface area contributed by atoms with Gasteiger partial charge in [0.05, 0.1) is 11.8 Å². The van der Waals surface area contributed by atoms with E-state index < -0.39 is 0 Å². The van der Waals surface area contributed by atoms with Gasteiger partial charge in [0.2, 0.25) is 18.6 Å². The zero-order valence-corrected chi connectivity index (χ0v) is 16.8. The lowest BCUT2D eigenvalue weighted by molar-refractivity contribution is -0.119. The van der Waals surface area contributed by atoms with E-state index in [1.165, 1.54) is 11.8 Å². The number of nitrogens with zero attached hydrogens (tertiary/aromatic N) is 2. The molecule has 1 aliphatic rings. The molecule has 0 radical (unpaired) electrons. The number of aromatic nitrogens is 2. The molecule has 4 rings (SSSR count). The van der Waals surface area contributed by atoms with E-state index in [4.69, 9.17) is 13.9 Å². The van der Waals surface area contributed by atoms with Gasteiger partial charge in [0.1, 0.15) is 0 Å². The van der Waals surface area contributed by atoms with Crippen molar-refractivity contribution >= 4 is 17.7 Å². The van der Waals surface area contributed by atoms with E-state index in [2.05, 4.69) is 22.4 Å². The molecule has 0 saturated heterocycles. The zero-order chi connectivity index (χ0) is 20.1. The van der Waals surface area contributed by atoms with E-state index in [1.54, 1.807) is 12.1 Å². The molecule has 1 atom stereocenters. The monoisotopic (exact) mass is 411 g/mol. The highest BCUT2D eigenvalue weighted by molar-refractivity contribution is 7.99. The molecule has 0 aliphatic carbocycles. The Morgan fingerprint density at radius 1 is 1.14 bits per heavy atom. The molecule has 1 aromatic heterocycles. The fourth-order valence-corrected chi connectivity index (χ4v) is 3.65. The summed E-state index contributed by atoms with van der Waals surface area (Å²) in [6, 6.07) is 15.4. The lowest BCUT2D eigenvalue weighted by atomic mass is 10.0. The Hall–Kier alpha value is -3.00. The highest BCUT2D eigenvalue weighted by Crippen LogP contribution is 2.36. The van der Waals surface area contributed by atoms with Gasteiger partial charge < -0.3 is 19.2 Å². The van der Waals surface area contributed by atoms with E-state index in [0.717, 1.165) is 24.0 Å². The van der Waals surface area contributed by atoms with Gasteiger partial charge in [0.25, 0.3) is 5.22 Å². The first-order valence-corrected chi connectivity index (χ1v) is 10.4. The van der Waals surface area contributed by atoms with Crippen LogP contribution in [0.2, 0.25) is 0 Å². The number of benzene rings is 2. The second kappa shape index (κ2) is 9.00. The van der Waals surface area contributed by atoms with Gasteiger partial charge in [-0.1, -0.05) is 55.4 Å². The van der Waals surface area contributed by atoms with Gasteiger partial charge in [0.15, 0.2) is 11.5 Å². The molecule has 0 bridgehead atoms. The fraction of sp³-hybridized carbons (Fsp3) is 0.286. The van der Waals surface area contributed by atoms with Crippen LogP contribution in [0.15, 0.2) is 58.2 Å². The van der Waals surface area contributed by atoms with Gasteiger partial charge in [-0.25, -0.2) is 0 Å². The summed E-state index contributed by atoms with van der Waals surface area (Å²) in [6.07, 6.45) is 1.87. The van der Waals surface area contributed by atoms with Crippen molar-refractivity contribution in [3.63, 3.8) is 0 Å². The molecular formula is C21H21N3O4S. The first-order valence-electron chi connectivity index (χ1n) is 9.43. The van der Waals surface area contributed by atoms with Gasteiger partial charge in [0, 0.05) is 5.56 Å². The molecule has 8 heteroatoms. The fourth-order valence-electron chi connectivity index (χ4n) is 3.07. The van der Waals surface area contributed by atoms with Crippen LogP contribution in [0, 0.1) is 0 Å². The topological polar surface area (TPSA) is 86.5 Å². The van der Waals surface area contributed by atoms with Crippen LogP contribution in [-0.2, 0) is 4.79 Å². The maximum absolute atomic E-state index is 12.4. The van der Waals surface area contributed by atoms with E-state index in [0.29, 0.717) is 22.6 Å². The molecule has 3 aromatic rings. The second-order valence-corrected chi connectivity index (χ2v) is 7.48.